The summed E-state index contributed by atoms with van der Waals surface area (Å²) in [6, 6.07) is 36.2. The van der Waals surface area contributed by atoms with Crippen molar-refractivity contribution in [2.24, 2.45) is 0 Å². The van der Waals surface area contributed by atoms with Crippen LogP contribution in [0.4, 0.5) is 0 Å². The van der Waals surface area contributed by atoms with Crippen LogP contribution in [0.1, 0.15) is 0 Å². The molecule has 0 aliphatic rings. The summed E-state index contributed by atoms with van der Waals surface area (Å²) in [5.74, 6) is 0.900. The predicted octanol–water partition coefficient (Wildman–Crippen LogP) is 9.01. The number of thiophene rings is 2. The molecule has 0 saturated carbocycles. The van der Waals surface area contributed by atoms with Crippen LogP contribution in [0.5, 0.6) is 0 Å². The van der Waals surface area contributed by atoms with Gasteiger partial charge in [-0.25, -0.2) is 9.97 Å². The van der Waals surface area contributed by atoms with Gasteiger partial charge in [0.05, 0.1) is 27.1 Å². The number of imidazole rings is 1. The van der Waals surface area contributed by atoms with Crippen molar-refractivity contribution >= 4 is 75.9 Å². The minimum absolute atomic E-state index is 0.844. The van der Waals surface area contributed by atoms with Crippen molar-refractivity contribution in [1.29, 1.82) is 0 Å². The average Bonchev–Trinajstić information content (AvgIpc) is 3.75. The average molecular weight is 550 g/mol. The zero-order chi connectivity index (χ0) is 26.2. The van der Waals surface area contributed by atoms with E-state index in [1.54, 1.807) is 11.3 Å². The highest BCUT2D eigenvalue weighted by Crippen LogP contribution is 2.43. The van der Waals surface area contributed by atoms with E-state index < -0.39 is 0 Å². The van der Waals surface area contributed by atoms with E-state index in [4.69, 9.17) is 9.97 Å². The second-order valence-electron chi connectivity index (χ2n) is 9.76. The van der Waals surface area contributed by atoms with Crippen LogP contribution in [0, 0.1) is 0 Å². The molecular weight excluding hydrogens is 531 g/mol. The molecule has 0 fully saturated rings. The highest BCUT2D eigenvalue weighted by atomic mass is 32.1. The van der Waals surface area contributed by atoms with E-state index >= 15 is 0 Å². The molecule has 0 atom stereocenters. The van der Waals surface area contributed by atoms with E-state index in [0.717, 1.165) is 38.5 Å². The Morgan fingerprint density at radius 3 is 2.08 bits per heavy atom. The summed E-state index contributed by atoms with van der Waals surface area (Å²) >= 11 is 3.60. The van der Waals surface area contributed by atoms with Crippen LogP contribution >= 0.6 is 22.7 Å². The van der Waals surface area contributed by atoms with Crippen LogP contribution in [0.2, 0.25) is 0 Å². The third-order valence-corrected chi connectivity index (χ3v) is 9.77. The van der Waals surface area contributed by atoms with Gasteiger partial charge >= 0.3 is 0 Å². The van der Waals surface area contributed by atoms with Crippen LogP contribution in [-0.2, 0) is 0 Å². The molecule has 9 aromatic rings. The molecule has 0 saturated heterocycles. The topological polar surface area (TPSA) is 48.5 Å². The van der Waals surface area contributed by atoms with Crippen LogP contribution < -0.4 is 0 Å². The molecule has 6 aromatic heterocycles. The second kappa shape index (κ2) is 8.32. The van der Waals surface area contributed by atoms with Crippen LogP contribution in [0.15, 0.2) is 116 Å². The van der Waals surface area contributed by atoms with Crippen molar-refractivity contribution in [3.8, 4) is 21.4 Å². The number of aromatic nitrogens is 5. The fourth-order valence-electron chi connectivity index (χ4n) is 5.79. The smallest absolute Gasteiger partial charge is 0.164 e. The van der Waals surface area contributed by atoms with Gasteiger partial charge in [0, 0.05) is 38.0 Å². The molecule has 40 heavy (non-hydrogen) atoms. The van der Waals surface area contributed by atoms with E-state index in [0.29, 0.717) is 0 Å². The number of rotatable bonds is 3. The maximum atomic E-state index is 5.09. The molecule has 0 amide bonds. The van der Waals surface area contributed by atoms with Gasteiger partial charge in [0.25, 0.3) is 0 Å². The molecule has 3 aromatic carbocycles. The van der Waals surface area contributed by atoms with Crippen molar-refractivity contribution < 1.29 is 0 Å². The van der Waals surface area contributed by atoms with Crippen molar-refractivity contribution in [3.63, 3.8) is 0 Å². The monoisotopic (exact) mass is 549 g/mol. The first kappa shape index (κ1) is 22.0. The van der Waals surface area contributed by atoms with E-state index in [2.05, 4.69) is 86.9 Å². The van der Waals surface area contributed by atoms with Crippen molar-refractivity contribution in [3.05, 3.63) is 116 Å². The zero-order valence-corrected chi connectivity index (χ0v) is 22.7. The van der Waals surface area contributed by atoms with Crippen LogP contribution in [0.25, 0.3) is 74.7 Å². The number of pyridine rings is 2. The molecular formula is C33H19N5S2. The SMILES string of the molecule is c1cc(-n2c(-c3cc4sc(-n5c6ccccc6c6ccccc65)cc4s3)nc3cccnc32)c2cccnc2c1. The Balaban J connectivity index is 1.25. The molecule has 6 heterocycles. The third-order valence-electron chi connectivity index (χ3n) is 7.49. The van der Waals surface area contributed by atoms with Gasteiger partial charge < -0.3 is 4.57 Å². The number of benzene rings is 3. The Labute approximate surface area is 236 Å². The van der Waals surface area contributed by atoms with E-state index in [-0.39, 0.29) is 0 Å². The number of hydrogen-bond donors (Lipinski definition) is 0. The van der Waals surface area contributed by atoms with Gasteiger partial charge in [-0.1, -0.05) is 42.5 Å². The molecule has 0 aliphatic carbocycles. The largest absolute Gasteiger partial charge is 0.301 e. The van der Waals surface area contributed by atoms with E-state index in [1.807, 2.05) is 54.1 Å². The molecule has 0 N–H and O–H groups in total. The minimum atomic E-state index is 0.844. The fraction of sp³-hybridized carbons (Fsp3) is 0. The first-order valence-corrected chi connectivity index (χ1v) is 14.7. The van der Waals surface area contributed by atoms with Crippen LogP contribution in [0.3, 0.4) is 0 Å². The lowest BCUT2D eigenvalue weighted by Gasteiger charge is -2.10. The summed E-state index contributed by atoms with van der Waals surface area (Å²) in [5.41, 5.74) is 6.17. The standard InChI is InChI=1S/C33H19N5S2/c1-3-13-25-20(8-1)21-9-2-4-14-26(21)37(25)31-19-29-28(40-31)18-30(39-29)33-36-24-12-7-17-35-32(24)38(33)27-15-5-11-23-22(27)10-6-16-34-23/h1-19H. The Hall–Kier alpha value is -4.85. The van der Waals surface area contributed by atoms with Gasteiger partial charge in [-0.05, 0) is 60.7 Å². The van der Waals surface area contributed by atoms with Gasteiger partial charge in [-0.2, -0.15) is 0 Å². The summed E-state index contributed by atoms with van der Waals surface area (Å²) in [7, 11) is 0. The number of para-hydroxylation sites is 2. The van der Waals surface area contributed by atoms with Gasteiger partial charge in [0.15, 0.2) is 11.5 Å². The minimum Gasteiger partial charge on any atom is -0.301 e. The van der Waals surface area contributed by atoms with E-state index in [1.165, 1.54) is 36.2 Å². The molecule has 9 rings (SSSR count). The van der Waals surface area contributed by atoms with E-state index in [9.17, 15) is 0 Å². The van der Waals surface area contributed by atoms with Gasteiger partial charge in [0.1, 0.15) is 10.5 Å². The number of nitrogens with zero attached hydrogens (tertiary/aromatic N) is 5. The van der Waals surface area contributed by atoms with Crippen molar-refractivity contribution in [2.45, 2.75) is 0 Å². The number of fused-ring (bicyclic) bond motifs is 6. The maximum absolute atomic E-state index is 5.09. The molecule has 0 spiro atoms. The highest BCUT2D eigenvalue weighted by molar-refractivity contribution is 7.30. The first-order valence-electron chi connectivity index (χ1n) is 13.0. The summed E-state index contributed by atoms with van der Waals surface area (Å²) in [5, 5.41) is 4.85. The molecule has 7 heteroatoms. The Kier molecular flexibility index (Phi) is 4.58. The lowest BCUT2D eigenvalue weighted by molar-refractivity contribution is 1.09. The van der Waals surface area contributed by atoms with Gasteiger partial charge in [-0.3, -0.25) is 9.55 Å². The molecule has 0 unspecified atom stereocenters. The molecule has 188 valence electrons. The fourth-order valence-corrected chi connectivity index (χ4v) is 8.19. The zero-order valence-electron chi connectivity index (χ0n) is 21.0. The lowest BCUT2D eigenvalue weighted by Crippen LogP contribution is -1.99. The molecule has 0 radical (unpaired) electrons. The van der Waals surface area contributed by atoms with Crippen molar-refractivity contribution in [2.75, 3.05) is 0 Å². The first-order chi connectivity index (χ1) is 19.8. The molecule has 0 aliphatic heterocycles. The summed E-state index contributed by atoms with van der Waals surface area (Å²) in [6.45, 7) is 0. The molecule has 5 nitrogen and oxygen atoms in total. The molecule has 0 bridgehead atoms. The summed E-state index contributed by atoms with van der Waals surface area (Å²) < 4.78 is 7.08. The Morgan fingerprint density at radius 1 is 0.550 bits per heavy atom. The van der Waals surface area contributed by atoms with Crippen LogP contribution in [-0.4, -0.2) is 24.1 Å². The Bertz CT molecular complexity index is 2320. The highest BCUT2D eigenvalue weighted by Gasteiger charge is 2.21. The lowest BCUT2D eigenvalue weighted by atomic mass is 10.1. The maximum Gasteiger partial charge on any atom is 0.164 e. The summed E-state index contributed by atoms with van der Waals surface area (Å²) in [4.78, 5) is 15.5. The number of hydrogen-bond acceptors (Lipinski definition) is 5. The quantitative estimate of drug-likeness (QED) is 0.221. The predicted molar refractivity (Wildman–Crippen MR) is 167 cm³/mol. The van der Waals surface area contributed by atoms with Gasteiger partial charge in [0.2, 0.25) is 0 Å². The normalized spacial score (nSPS) is 12.0. The van der Waals surface area contributed by atoms with Crippen molar-refractivity contribution in [1.82, 2.24) is 24.1 Å². The second-order valence-corrected chi connectivity index (χ2v) is 11.9. The summed E-state index contributed by atoms with van der Waals surface area (Å²) in [6.07, 6.45) is 3.66. The van der Waals surface area contributed by atoms with Gasteiger partial charge in [-0.15, -0.1) is 22.7 Å². The third kappa shape index (κ3) is 3.10. The Morgan fingerprint density at radius 2 is 1.25 bits per heavy atom.